The lowest BCUT2D eigenvalue weighted by Gasteiger charge is -2.28. The first-order valence-corrected chi connectivity index (χ1v) is 9.30. The minimum atomic E-state index is -0.145. The van der Waals surface area contributed by atoms with Crippen LogP contribution >= 0.6 is 12.4 Å². The summed E-state index contributed by atoms with van der Waals surface area (Å²) >= 11 is 0. The summed E-state index contributed by atoms with van der Waals surface area (Å²) in [7, 11) is 4.75. The van der Waals surface area contributed by atoms with E-state index in [4.69, 9.17) is 14.2 Å². The van der Waals surface area contributed by atoms with Gasteiger partial charge in [0.25, 0.3) is 0 Å². The van der Waals surface area contributed by atoms with Crippen molar-refractivity contribution in [2.45, 2.75) is 39.2 Å². The number of rotatable bonds is 8. The third-order valence-electron chi connectivity index (χ3n) is 5.21. The first-order valence-electron chi connectivity index (χ1n) is 9.30. The maximum absolute atomic E-state index is 12.5. The molecule has 1 aromatic rings. The van der Waals surface area contributed by atoms with Gasteiger partial charge in [-0.1, -0.05) is 6.92 Å². The number of piperidine rings is 1. The van der Waals surface area contributed by atoms with Crippen molar-refractivity contribution in [2.24, 2.45) is 11.8 Å². The second kappa shape index (κ2) is 11.2. The first kappa shape index (κ1) is 23.4. The Balaban J connectivity index is 0.00000364. The van der Waals surface area contributed by atoms with Crippen molar-refractivity contribution in [3.63, 3.8) is 0 Å². The Kier molecular flexibility index (Phi) is 9.74. The molecule has 1 fully saturated rings. The summed E-state index contributed by atoms with van der Waals surface area (Å²) in [4.78, 5) is 12.5. The SMILES string of the molecule is COc1cc(C(C)NC(=O)CC(C)C2CCCNC2)cc(OC)c1OC.Cl. The van der Waals surface area contributed by atoms with Gasteiger partial charge < -0.3 is 24.8 Å². The fourth-order valence-corrected chi connectivity index (χ4v) is 3.56. The van der Waals surface area contributed by atoms with Crippen molar-refractivity contribution < 1.29 is 19.0 Å². The Morgan fingerprint density at radius 1 is 1.19 bits per heavy atom. The van der Waals surface area contributed by atoms with Gasteiger partial charge in [-0.3, -0.25) is 4.79 Å². The van der Waals surface area contributed by atoms with E-state index in [2.05, 4.69) is 17.6 Å². The molecule has 7 heteroatoms. The molecule has 1 saturated heterocycles. The van der Waals surface area contributed by atoms with Crippen LogP contribution in [-0.2, 0) is 4.79 Å². The van der Waals surface area contributed by atoms with Crippen molar-refractivity contribution in [1.82, 2.24) is 10.6 Å². The van der Waals surface area contributed by atoms with Crippen LogP contribution in [0.4, 0.5) is 0 Å². The van der Waals surface area contributed by atoms with Gasteiger partial charge in [0.15, 0.2) is 11.5 Å². The van der Waals surface area contributed by atoms with Crippen LogP contribution in [0.15, 0.2) is 12.1 Å². The molecule has 0 radical (unpaired) electrons. The summed E-state index contributed by atoms with van der Waals surface area (Å²) in [6.45, 7) is 6.23. The molecule has 0 spiro atoms. The molecule has 6 nitrogen and oxygen atoms in total. The van der Waals surface area contributed by atoms with Gasteiger partial charge in [-0.05, 0) is 62.4 Å². The van der Waals surface area contributed by atoms with Crippen LogP contribution in [0.2, 0.25) is 0 Å². The molecule has 3 atom stereocenters. The second-order valence-corrected chi connectivity index (χ2v) is 7.04. The highest BCUT2D eigenvalue weighted by Gasteiger charge is 2.23. The molecule has 3 unspecified atom stereocenters. The van der Waals surface area contributed by atoms with Gasteiger partial charge in [-0.2, -0.15) is 0 Å². The van der Waals surface area contributed by atoms with Gasteiger partial charge in [0.2, 0.25) is 11.7 Å². The van der Waals surface area contributed by atoms with E-state index in [0.717, 1.165) is 18.7 Å². The normalized spacial score (nSPS) is 18.6. The third kappa shape index (κ3) is 6.18. The molecule has 1 aromatic carbocycles. The van der Waals surface area contributed by atoms with Crippen LogP contribution in [0.1, 0.15) is 44.7 Å². The maximum Gasteiger partial charge on any atom is 0.220 e. The zero-order valence-electron chi connectivity index (χ0n) is 17.0. The molecule has 2 rings (SSSR count). The zero-order valence-corrected chi connectivity index (χ0v) is 17.8. The smallest absolute Gasteiger partial charge is 0.220 e. The molecule has 1 heterocycles. The number of hydrogen-bond donors (Lipinski definition) is 2. The van der Waals surface area contributed by atoms with E-state index in [0.29, 0.717) is 35.5 Å². The topological polar surface area (TPSA) is 68.8 Å². The lowest BCUT2D eigenvalue weighted by atomic mass is 9.85. The number of hydrogen-bond acceptors (Lipinski definition) is 5. The Labute approximate surface area is 168 Å². The Hall–Kier alpha value is -1.66. The highest BCUT2D eigenvalue weighted by atomic mass is 35.5. The zero-order chi connectivity index (χ0) is 19.1. The van der Waals surface area contributed by atoms with Gasteiger partial charge >= 0.3 is 0 Å². The number of methoxy groups -OCH3 is 3. The van der Waals surface area contributed by atoms with Crippen molar-refractivity contribution in [3.05, 3.63) is 17.7 Å². The minimum absolute atomic E-state index is 0. The molecule has 2 N–H and O–H groups in total. The average Bonchev–Trinajstić information content (AvgIpc) is 2.67. The van der Waals surface area contributed by atoms with E-state index in [9.17, 15) is 4.79 Å². The van der Waals surface area contributed by atoms with Crippen molar-refractivity contribution in [3.8, 4) is 17.2 Å². The number of amides is 1. The maximum atomic E-state index is 12.5. The minimum Gasteiger partial charge on any atom is -0.493 e. The van der Waals surface area contributed by atoms with Crippen LogP contribution in [0, 0.1) is 11.8 Å². The molecule has 0 bridgehead atoms. The Bertz CT molecular complexity index is 581. The Morgan fingerprint density at radius 3 is 2.30 bits per heavy atom. The van der Waals surface area contributed by atoms with E-state index in [-0.39, 0.29) is 24.4 Å². The number of ether oxygens (including phenoxy) is 3. The van der Waals surface area contributed by atoms with Crippen molar-refractivity contribution in [1.29, 1.82) is 0 Å². The van der Waals surface area contributed by atoms with Crippen LogP contribution in [-0.4, -0.2) is 40.3 Å². The molecule has 0 aliphatic carbocycles. The van der Waals surface area contributed by atoms with Crippen LogP contribution in [0.5, 0.6) is 17.2 Å². The van der Waals surface area contributed by atoms with Gasteiger partial charge in [0.1, 0.15) is 0 Å². The molecule has 154 valence electrons. The first-order chi connectivity index (χ1) is 12.5. The fraction of sp³-hybridized carbons (Fsp3) is 0.650. The molecule has 0 aromatic heterocycles. The molecule has 0 saturated carbocycles. The van der Waals surface area contributed by atoms with E-state index in [1.54, 1.807) is 21.3 Å². The van der Waals surface area contributed by atoms with E-state index >= 15 is 0 Å². The fourth-order valence-electron chi connectivity index (χ4n) is 3.56. The van der Waals surface area contributed by atoms with Gasteiger partial charge in [-0.15, -0.1) is 12.4 Å². The highest BCUT2D eigenvalue weighted by molar-refractivity contribution is 5.85. The van der Waals surface area contributed by atoms with E-state index in [1.807, 2.05) is 19.1 Å². The third-order valence-corrected chi connectivity index (χ3v) is 5.21. The van der Waals surface area contributed by atoms with Gasteiger partial charge in [0.05, 0.1) is 27.4 Å². The number of nitrogens with one attached hydrogen (secondary N) is 2. The molecule has 1 aliphatic heterocycles. The number of halogens is 1. The summed E-state index contributed by atoms with van der Waals surface area (Å²) in [6.07, 6.45) is 2.93. The van der Waals surface area contributed by atoms with Crippen molar-refractivity contribution >= 4 is 18.3 Å². The van der Waals surface area contributed by atoms with Gasteiger partial charge in [-0.25, -0.2) is 0 Å². The molecule has 1 amide bonds. The lowest BCUT2D eigenvalue weighted by molar-refractivity contribution is -0.123. The van der Waals surface area contributed by atoms with Crippen LogP contribution in [0.3, 0.4) is 0 Å². The van der Waals surface area contributed by atoms with Crippen molar-refractivity contribution in [2.75, 3.05) is 34.4 Å². The van der Waals surface area contributed by atoms with E-state index in [1.165, 1.54) is 12.8 Å². The Morgan fingerprint density at radius 2 is 1.81 bits per heavy atom. The standard InChI is InChI=1S/C20H32N2O4.ClH/c1-13(15-7-6-8-21-12-15)9-19(23)22-14(2)16-10-17(24-3)20(26-5)18(11-16)25-4;/h10-11,13-15,21H,6-9,12H2,1-5H3,(H,22,23);1H. The number of carbonyl (C=O) groups is 1. The summed E-state index contributed by atoms with van der Waals surface area (Å²) in [5.41, 5.74) is 0.917. The monoisotopic (exact) mass is 400 g/mol. The summed E-state index contributed by atoms with van der Waals surface area (Å²) in [5.74, 6) is 2.75. The molecular formula is C20H33ClN2O4. The molecular weight excluding hydrogens is 368 g/mol. The summed E-state index contributed by atoms with van der Waals surface area (Å²) in [6, 6.07) is 3.61. The van der Waals surface area contributed by atoms with E-state index < -0.39 is 0 Å². The predicted octanol–water partition coefficient (Wildman–Crippen LogP) is 3.34. The number of carbonyl (C=O) groups excluding carboxylic acids is 1. The second-order valence-electron chi connectivity index (χ2n) is 7.04. The summed E-state index contributed by atoms with van der Waals surface area (Å²) in [5, 5.41) is 6.52. The number of benzene rings is 1. The molecule has 27 heavy (non-hydrogen) atoms. The summed E-state index contributed by atoms with van der Waals surface area (Å²) < 4.78 is 16.1. The van der Waals surface area contributed by atoms with Crippen LogP contribution < -0.4 is 24.8 Å². The largest absolute Gasteiger partial charge is 0.493 e. The lowest BCUT2D eigenvalue weighted by Crippen LogP contribution is -2.36. The quantitative estimate of drug-likeness (QED) is 0.700. The van der Waals surface area contributed by atoms with Gasteiger partial charge in [0, 0.05) is 6.42 Å². The highest BCUT2D eigenvalue weighted by Crippen LogP contribution is 2.39. The molecule has 1 aliphatic rings. The predicted molar refractivity (Wildman–Crippen MR) is 109 cm³/mol. The van der Waals surface area contributed by atoms with Crippen LogP contribution in [0.25, 0.3) is 0 Å². The average molecular weight is 401 g/mol.